The number of carbonyl (C=O) groups excluding carboxylic acids is 15. The fourth-order valence-corrected chi connectivity index (χ4v) is 11.1. The van der Waals surface area contributed by atoms with E-state index in [4.69, 9.17) is 71.4 Å². The fraction of sp³-hybridized carbons (Fsp3) is 0.808. The number of nitrogens with zero attached hydrogens (tertiary/aromatic N) is 3. The highest BCUT2D eigenvalue weighted by Crippen LogP contribution is 2.25. The lowest BCUT2D eigenvalue weighted by Gasteiger charge is -2.32. The first-order valence-electron chi connectivity index (χ1n) is 41.5. The molecular formula is C78H131N9O30. The van der Waals surface area contributed by atoms with Gasteiger partial charge in [0.25, 0.3) is 35.4 Å². The molecule has 0 spiro atoms. The maximum absolute atomic E-state index is 12.8. The summed E-state index contributed by atoms with van der Waals surface area (Å²) < 4.78 is 67.0. The van der Waals surface area contributed by atoms with E-state index in [2.05, 4.69) is 31.9 Å². The zero-order valence-electron chi connectivity index (χ0n) is 68.7. The molecule has 3 heterocycles. The van der Waals surface area contributed by atoms with Crippen LogP contribution in [0.3, 0.4) is 0 Å². The van der Waals surface area contributed by atoms with Crippen LogP contribution in [0.1, 0.15) is 206 Å². The van der Waals surface area contributed by atoms with E-state index in [1.54, 1.807) is 0 Å². The topological polar surface area (TPSA) is 476 Å². The second kappa shape index (κ2) is 69.0. The summed E-state index contributed by atoms with van der Waals surface area (Å²) >= 11 is 0. The predicted octanol–water partition coefficient (Wildman–Crippen LogP) is 2.46. The molecule has 39 nitrogen and oxygen atoms in total. The summed E-state index contributed by atoms with van der Waals surface area (Å²) in [6.45, 7) is 10.2. The Labute approximate surface area is 685 Å². The maximum Gasteiger partial charge on any atom is 0.335 e. The van der Waals surface area contributed by atoms with E-state index in [1.807, 2.05) is 6.92 Å². The van der Waals surface area contributed by atoms with E-state index in [0.29, 0.717) is 140 Å². The Morgan fingerprint density at radius 3 is 0.684 bits per heavy atom. The van der Waals surface area contributed by atoms with Gasteiger partial charge in [-0.3, -0.25) is 57.5 Å². The maximum atomic E-state index is 12.8. The monoisotopic (exact) mass is 1670 g/mol. The third-order valence-corrected chi connectivity index (χ3v) is 18.0. The second-order valence-electron chi connectivity index (χ2n) is 27.8. The Hall–Kier alpha value is -7.83. The molecule has 0 bridgehead atoms. The Morgan fingerprint density at radius 2 is 0.436 bits per heavy atom. The second-order valence-corrected chi connectivity index (χ2v) is 27.8. The molecule has 3 saturated heterocycles. The number of nitrogens with one attached hydrogen (secondary N) is 6. The number of ether oxygens (including phenoxy) is 12. The molecule has 6 N–H and O–H groups in total. The summed E-state index contributed by atoms with van der Waals surface area (Å²) in [6.07, 6.45) is 14.5. The van der Waals surface area contributed by atoms with Crippen LogP contribution in [0.15, 0.2) is 0 Å². The molecule has 0 aromatic rings. The molecule has 3 aliphatic heterocycles. The van der Waals surface area contributed by atoms with E-state index < -0.39 is 58.8 Å². The van der Waals surface area contributed by atoms with Crippen LogP contribution in [0.4, 0.5) is 0 Å². The fourth-order valence-electron chi connectivity index (χ4n) is 11.1. The van der Waals surface area contributed by atoms with Crippen LogP contribution in [0.25, 0.3) is 0 Å². The first-order valence-corrected chi connectivity index (χ1v) is 41.5. The van der Waals surface area contributed by atoms with Crippen LogP contribution in [0.5, 0.6) is 0 Å². The van der Waals surface area contributed by atoms with Gasteiger partial charge in [0.2, 0.25) is 35.4 Å². The van der Waals surface area contributed by atoms with Crippen molar-refractivity contribution in [1.29, 1.82) is 0 Å². The molecule has 117 heavy (non-hydrogen) atoms. The number of rotatable bonds is 79. The molecule has 3 aliphatic rings. The molecule has 668 valence electrons. The first kappa shape index (κ1) is 103. The van der Waals surface area contributed by atoms with Crippen LogP contribution in [-0.4, -0.2) is 302 Å². The molecule has 0 saturated carbocycles. The third kappa shape index (κ3) is 55.5. The molecule has 0 radical (unpaired) electrons. The summed E-state index contributed by atoms with van der Waals surface area (Å²) in [5, 5.41) is 18.9. The number of unbranched alkanes of at least 4 members (excludes halogenated alkanes) is 12. The minimum atomic E-state index is -0.737. The Kier molecular flexibility index (Phi) is 61.0. The largest absolute Gasteiger partial charge is 0.380 e. The summed E-state index contributed by atoms with van der Waals surface area (Å²) in [4.78, 5) is 194. The predicted molar refractivity (Wildman–Crippen MR) is 413 cm³/mol. The number of imide groups is 3. The van der Waals surface area contributed by atoms with Crippen LogP contribution in [0.2, 0.25) is 0 Å². The van der Waals surface area contributed by atoms with Gasteiger partial charge in [0.05, 0.1) is 178 Å². The molecule has 3 fully saturated rings. The number of carbonyl (C=O) groups is 15. The van der Waals surface area contributed by atoms with Crippen molar-refractivity contribution in [2.75, 3.05) is 198 Å². The molecule has 0 aromatic carbocycles. The molecule has 3 rings (SSSR count). The molecule has 0 atom stereocenters. The summed E-state index contributed by atoms with van der Waals surface area (Å²) in [6, 6.07) is 0. The van der Waals surface area contributed by atoms with Crippen molar-refractivity contribution in [3.05, 3.63) is 0 Å². The van der Waals surface area contributed by atoms with Crippen molar-refractivity contribution in [3.63, 3.8) is 0 Å². The number of hydrogen-bond donors (Lipinski definition) is 6. The lowest BCUT2D eigenvalue weighted by Crippen LogP contribution is -2.38. The van der Waals surface area contributed by atoms with Crippen molar-refractivity contribution >= 4 is 88.8 Å². The number of amides is 12. The highest BCUT2D eigenvalue weighted by atomic mass is 16.7. The zero-order chi connectivity index (χ0) is 84.9. The van der Waals surface area contributed by atoms with Crippen LogP contribution in [0, 0.1) is 5.41 Å². The SMILES string of the molecule is CCC(COCCC(=O)NCCCCCCCC(=O)NCCOCCOCCOCCC(=O)ON1C(=O)CCC1=O)(COCCC(=O)NCCCCCCCC(=O)NCCOCCOCCOCCC(=O)ON1C(=O)CCC1=O)COCCC(=O)NCCCCCCCC(=O)NCCOCCOCCOCCC(=O)ON1C(=O)CCC1=O. The lowest BCUT2D eigenvalue weighted by molar-refractivity contribution is -0.198. The van der Waals surface area contributed by atoms with Gasteiger partial charge >= 0.3 is 17.9 Å². The van der Waals surface area contributed by atoms with Crippen molar-refractivity contribution in [3.8, 4) is 0 Å². The molecular weight excluding hydrogens is 1540 g/mol. The minimum absolute atomic E-state index is 0.0233. The van der Waals surface area contributed by atoms with Crippen LogP contribution < -0.4 is 31.9 Å². The zero-order valence-corrected chi connectivity index (χ0v) is 68.7. The molecule has 0 unspecified atom stereocenters. The number of hydrogen-bond acceptors (Lipinski definition) is 30. The van der Waals surface area contributed by atoms with E-state index in [9.17, 15) is 71.9 Å². The molecule has 39 heteroatoms. The normalized spacial score (nSPS) is 13.6. The molecule has 12 amide bonds. The van der Waals surface area contributed by atoms with Gasteiger partial charge in [0.15, 0.2) is 0 Å². The van der Waals surface area contributed by atoms with Gasteiger partial charge in [-0.25, -0.2) is 14.4 Å². The van der Waals surface area contributed by atoms with Crippen molar-refractivity contribution in [2.45, 2.75) is 206 Å². The summed E-state index contributed by atoms with van der Waals surface area (Å²) in [5.41, 5.74) is -0.636. The standard InChI is InChI=1S/C78H131N9O30/c1-2-78(60-112-39-27-66(91)79-33-15-9-3-6-12-18-63(88)82-36-45-106-51-57-109-54-48-103-42-30-75(100)115-85-69(94)21-22-70(85)95,61-113-40-28-67(92)80-34-16-10-4-7-13-19-64(89)83-37-46-107-52-58-110-55-49-104-43-31-76(101)116-86-71(96)23-24-72(86)97)62-114-41-29-68(93)81-35-17-11-5-8-14-20-65(90)84-38-47-108-53-59-111-56-50-105-44-32-77(102)117-87-73(98)25-26-74(87)99/h2-62H2,1H3,(H,79,91)(H,80,92)(H,81,93)(H,82,88)(H,83,89)(H,84,90). The quantitative estimate of drug-likeness (QED) is 0.0376. The van der Waals surface area contributed by atoms with Gasteiger partial charge in [-0.05, 0) is 44.9 Å². The van der Waals surface area contributed by atoms with Gasteiger partial charge in [-0.2, -0.15) is 0 Å². The Morgan fingerprint density at radius 1 is 0.239 bits per heavy atom. The van der Waals surface area contributed by atoms with Gasteiger partial charge in [-0.1, -0.05) is 64.7 Å². The Balaban J connectivity index is 1.21. The first-order chi connectivity index (χ1) is 56.8. The summed E-state index contributed by atoms with van der Waals surface area (Å²) in [5.74, 6) is -6.08. The smallest absolute Gasteiger partial charge is 0.335 e. The van der Waals surface area contributed by atoms with Crippen molar-refractivity contribution < 1.29 is 143 Å². The van der Waals surface area contributed by atoms with Crippen molar-refractivity contribution in [2.24, 2.45) is 5.41 Å². The Bertz CT molecular complexity index is 2560. The minimum Gasteiger partial charge on any atom is -0.380 e. The highest BCUT2D eigenvalue weighted by Gasteiger charge is 2.36. The molecule has 0 aliphatic carbocycles. The van der Waals surface area contributed by atoms with Gasteiger partial charge in [0.1, 0.15) is 0 Å². The van der Waals surface area contributed by atoms with Gasteiger partial charge in [-0.15, -0.1) is 15.2 Å². The average Bonchev–Trinajstić information content (AvgIpc) is 1.44. The molecule has 0 aromatic heterocycles. The van der Waals surface area contributed by atoms with E-state index in [0.717, 1.165) is 96.3 Å². The van der Waals surface area contributed by atoms with E-state index >= 15 is 0 Å². The van der Waals surface area contributed by atoms with Crippen molar-refractivity contribution in [1.82, 2.24) is 47.1 Å². The van der Waals surface area contributed by atoms with Crippen LogP contribution in [-0.2, 0) is 143 Å². The van der Waals surface area contributed by atoms with Gasteiger partial charge in [0, 0.05) is 122 Å². The highest BCUT2D eigenvalue weighted by molar-refractivity contribution is 6.03. The lowest BCUT2D eigenvalue weighted by atomic mass is 9.88. The van der Waals surface area contributed by atoms with E-state index in [-0.39, 0.29) is 212 Å². The average molecular weight is 1670 g/mol. The third-order valence-electron chi connectivity index (χ3n) is 18.0. The van der Waals surface area contributed by atoms with Gasteiger partial charge < -0.3 is 103 Å². The number of hydroxylamine groups is 6. The van der Waals surface area contributed by atoms with E-state index in [1.165, 1.54) is 0 Å². The summed E-state index contributed by atoms with van der Waals surface area (Å²) in [7, 11) is 0. The van der Waals surface area contributed by atoms with Crippen LogP contribution >= 0.6 is 0 Å².